The van der Waals surface area contributed by atoms with Gasteiger partial charge in [-0.25, -0.2) is 4.39 Å². The Morgan fingerprint density at radius 2 is 2.40 bits per heavy atom. The monoisotopic (exact) mass is 299 g/mol. The van der Waals surface area contributed by atoms with Crippen molar-refractivity contribution in [2.45, 2.75) is 31.1 Å². The van der Waals surface area contributed by atoms with E-state index in [0.29, 0.717) is 6.61 Å². The van der Waals surface area contributed by atoms with Crippen molar-refractivity contribution in [2.75, 3.05) is 26.8 Å². The van der Waals surface area contributed by atoms with Gasteiger partial charge in [-0.2, -0.15) is 0 Å². The molecule has 3 rings (SSSR count). The minimum absolute atomic E-state index is 0.0638. The van der Waals surface area contributed by atoms with Crippen LogP contribution in [0.5, 0.6) is 0 Å². The fourth-order valence-corrected chi connectivity index (χ4v) is 3.31. The SMILES string of the molecule is CO[C@H]1CO[C@@]2(CCN(Cc3ccc(Cl)c(F)c3)C2)C1. The lowest BCUT2D eigenvalue weighted by molar-refractivity contribution is 0.00633. The largest absolute Gasteiger partial charge is 0.379 e. The summed E-state index contributed by atoms with van der Waals surface area (Å²) in [5, 5.41) is 0.175. The summed E-state index contributed by atoms with van der Waals surface area (Å²) in [7, 11) is 1.73. The maximum atomic E-state index is 13.5. The second kappa shape index (κ2) is 5.60. The molecule has 1 aromatic carbocycles. The quantitative estimate of drug-likeness (QED) is 0.857. The van der Waals surface area contributed by atoms with Gasteiger partial charge < -0.3 is 9.47 Å². The highest BCUT2D eigenvalue weighted by Crippen LogP contribution is 2.36. The standard InChI is InChI=1S/C15H19ClFNO2/c1-19-12-7-15(20-9-12)4-5-18(10-15)8-11-2-3-13(16)14(17)6-11/h2-3,6,12H,4-5,7-10H2,1H3/t12-,15+/m1/s1. The molecule has 2 aliphatic rings. The van der Waals surface area contributed by atoms with E-state index in [1.165, 1.54) is 6.07 Å². The molecule has 5 heteroatoms. The Labute approximate surface area is 123 Å². The van der Waals surface area contributed by atoms with Gasteiger partial charge in [-0.3, -0.25) is 4.90 Å². The van der Waals surface area contributed by atoms with E-state index in [0.717, 1.165) is 38.0 Å². The van der Waals surface area contributed by atoms with E-state index >= 15 is 0 Å². The first kappa shape index (κ1) is 14.3. The number of likely N-dealkylation sites (tertiary alicyclic amines) is 1. The number of rotatable bonds is 3. The molecule has 0 aliphatic carbocycles. The van der Waals surface area contributed by atoms with Gasteiger partial charge in [0.1, 0.15) is 5.82 Å². The van der Waals surface area contributed by atoms with Gasteiger partial charge in [-0.1, -0.05) is 17.7 Å². The Bertz CT molecular complexity index is 499. The van der Waals surface area contributed by atoms with Crippen LogP contribution in [0.25, 0.3) is 0 Å². The third-order valence-corrected chi connectivity index (χ3v) is 4.60. The van der Waals surface area contributed by atoms with Crippen LogP contribution >= 0.6 is 11.6 Å². The molecule has 2 aliphatic heterocycles. The molecule has 20 heavy (non-hydrogen) atoms. The summed E-state index contributed by atoms with van der Waals surface area (Å²) in [6.45, 7) is 3.27. The molecule has 0 amide bonds. The number of benzene rings is 1. The zero-order chi connectivity index (χ0) is 14.2. The lowest BCUT2D eigenvalue weighted by atomic mass is 9.98. The molecule has 2 atom stereocenters. The minimum atomic E-state index is -0.352. The van der Waals surface area contributed by atoms with Crippen LogP contribution in [0.3, 0.4) is 0 Å². The average Bonchev–Trinajstić information content (AvgIpc) is 3.02. The number of ether oxygens (including phenoxy) is 2. The van der Waals surface area contributed by atoms with E-state index in [9.17, 15) is 4.39 Å². The van der Waals surface area contributed by atoms with Crippen LogP contribution in [0.4, 0.5) is 4.39 Å². The zero-order valence-electron chi connectivity index (χ0n) is 11.6. The second-order valence-corrected chi connectivity index (χ2v) is 6.17. The van der Waals surface area contributed by atoms with Crippen LogP contribution in [-0.2, 0) is 16.0 Å². The molecular formula is C15H19ClFNO2. The summed E-state index contributed by atoms with van der Waals surface area (Å²) in [6, 6.07) is 5.01. The van der Waals surface area contributed by atoms with Crippen LogP contribution < -0.4 is 0 Å². The summed E-state index contributed by atoms with van der Waals surface area (Å²) < 4.78 is 24.8. The molecule has 110 valence electrons. The summed E-state index contributed by atoms with van der Waals surface area (Å²) in [4.78, 5) is 2.31. The highest BCUT2D eigenvalue weighted by atomic mass is 35.5. The van der Waals surface area contributed by atoms with Gasteiger partial charge in [0.2, 0.25) is 0 Å². The fraction of sp³-hybridized carbons (Fsp3) is 0.600. The minimum Gasteiger partial charge on any atom is -0.379 e. The van der Waals surface area contributed by atoms with Gasteiger partial charge in [0.15, 0.2) is 0 Å². The Morgan fingerprint density at radius 3 is 3.10 bits per heavy atom. The maximum absolute atomic E-state index is 13.5. The number of halogens is 2. The molecule has 2 saturated heterocycles. The van der Waals surface area contributed by atoms with Gasteiger partial charge >= 0.3 is 0 Å². The summed E-state index contributed by atoms with van der Waals surface area (Å²) in [6.07, 6.45) is 2.18. The van der Waals surface area contributed by atoms with Crippen LogP contribution in [0, 0.1) is 5.82 Å². The lowest BCUT2D eigenvalue weighted by Crippen LogP contribution is -2.32. The fourth-order valence-electron chi connectivity index (χ4n) is 3.20. The van der Waals surface area contributed by atoms with Crippen molar-refractivity contribution in [1.29, 1.82) is 0 Å². The van der Waals surface area contributed by atoms with Gasteiger partial charge in [0.25, 0.3) is 0 Å². The number of methoxy groups -OCH3 is 1. The Morgan fingerprint density at radius 1 is 1.55 bits per heavy atom. The average molecular weight is 300 g/mol. The van der Waals surface area contributed by atoms with E-state index in [2.05, 4.69) is 4.90 Å². The lowest BCUT2D eigenvalue weighted by Gasteiger charge is -2.23. The molecule has 2 fully saturated rings. The first-order valence-electron chi connectivity index (χ1n) is 6.93. The Kier molecular flexibility index (Phi) is 4.00. The van der Waals surface area contributed by atoms with Crippen molar-refractivity contribution in [3.63, 3.8) is 0 Å². The molecule has 1 aromatic rings. The molecular weight excluding hydrogens is 281 g/mol. The summed E-state index contributed by atoms with van der Waals surface area (Å²) in [5.74, 6) is -0.352. The van der Waals surface area contributed by atoms with Crippen molar-refractivity contribution >= 4 is 11.6 Å². The van der Waals surface area contributed by atoms with Crippen molar-refractivity contribution in [1.82, 2.24) is 4.90 Å². The van der Waals surface area contributed by atoms with Crippen LogP contribution in [-0.4, -0.2) is 43.4 Å². The molecule has 2 heterocycles. The molecule has 1 spiro atoms. The second-order valence-electron chi connectivity index (χ2n) is 5.76. The summed E-state index contributed by atoms with van der Waals surface area (Å²) >= 11 is 5.71. The first-order chi connectivity index (χ1) is 9.60. The number of nitrogens with zero attached hydrogens (tertiary/aromatic N) is 1. The normalized spacial score (nSPS) is 30.4. The first-order valence-corrected chi connectivity index (χ1v) is 7.31. The van der Waals surface area contributed by atoms with Gasteiger partial charge in [-0.05, 0) is 24.1 Å². The number of hydrogen-bond donors (Lipinski definition) is 0. The highest BCUT2D eigenvalue weighted by molar-refractivity contribution is 6.30. The number of hydrogen-bond acceptors (Lipinski definition) is 3. The van der Waals surface area contributed by atoms with E-state index in [1.54, 1.807) is 13.2 Å². The highest BCUT2D eigenvalue weighted by Gasteiger charge is 2.45. The van der Waals surface area contributed by atoms with Gasteiger partial charge in [0.05, 0.1) is 23.3 Å². The van der Waals surface area contributed by atoms with Gasteiger partial charge in [0, 0.05) is 33.2 Å². The summed E-state index contributed by atoms with van der Waals surface area (Å²) in [5.41, 5.74) is 0.885. The van der Waals surface area contributed by atoms with E-state index in [1.807, 2.05) is 6.07 Å². The Hall–Kier alpha value is -0.680. The predicted octanol–water partition coefficient (Wildman–Crippen LogP) is 2.86. The zero-order valence-corrected chi connectivity index (χ0v) is 12.3. The third-order valence-electron chi connectivity index (χ3n) is 4.29. The Balaban J connectivity index is 1.62. The van der Waals surface area contributed by atoms with Crippen LogP contribution in [0.1, 0.15) is 18.4 Å². The molecule has 0 saturated carbocycles. The van der Waals surface area contributed by atoms with Gasteiger partial charge in [-0.15, -0.1) is 0 Å². The molecule has 0 radical (unpaired) electrons. The van der Waals surface area contributed by atoms with Crippen molar-refractivity contribution < 1.29 is 13.9 Å². The topological polar surface area (TPSA) is 21.7 Å². The van der Waals surface area contributed by atoms with E-state index in [4.69, 9.17) is 21.1 Å². The van der Waals surface area contributed by atoms with Crippen molar-refractivity contribution in [3.8, 4) is 0 Å². The third kappa shape index (κ3) is 2.84. The molecule has 0 N–H and O–H groups in total. The van der Waals surface area contributed by atoms with E-state index < -0.39 is 0 Å². The molecule has 0 unspecified atom stereocenters. The molecule has 0 aromatic heterocycles. The maximum Gasteiger partial charge on any atom is 0.142 e. The molecule has 0 bridgehead atoms. The van der Waals surface area contributed by atoms with Crippen molar-refractivity contribution in [2.24, 2.45) is 0 Å². The predicted molar refractivity (Wildman–Crippen MR) is 75.4 cm³/mol. The van der Waals surface area contributed by atoms with Crippen molar-refractivity contribution in [3.05, 3.63) is 34.6 Å². The van der Waals surface area contributed by atoms with Crippen LogP contribution in [0.15, 0.2) is 18.2 Å². The van der Waals surface area contributed by atoms with Crippen LogP contribution in [0.2, 0.25) is 5.02 Å². The van der Waals surface area contributed by atoms with E-state index in [-0.39, 0.29) is 22.5 Å². The molecule has 3 nitrogen and oxygen atoms in total. The smallest absolute Gasteiger partial charge is 0.142 e.